The number of Topliss-reactive ketones (excluding diaryl/α,β-unsaturated/α-hetero) is 1. The minimum Gasteiger partial charge on any atom is -0.397 e. The average Bonchev–Trinajstić information content (AvgIpc) is 2.65. The Kier molecular flexibility index (Phi) is 5.26. The number of fused-ring (bicyclic) bond motifs is 1. The molecular formula is C23H24N2O2. The number of hydrogen-bond acceptors (Lipinski definition) is 3. The summed E-state index contributed by atoms with van der Waals surface area (Å²) in [6.45, 7) is 3.87. The molecule has 4 heteroatoms. The fraction of sp³-hybridized carbons (Fsp3) is 0.217. The zero-order valence-electron chi connectivity index (χ0n) is 15.7. The summed E-state index contributed by atoms with van der Waals surface area (Å²) in [6.07, 6.45) is 6.79. The molecule has 0 heterocycles. The molecule has 4 nitrogen and oxygen atoms in total. The minimum atomic E-state index is -0.552. The van der Waals surface area contributed by atoms with E-state index < -0.39 is 5.41 Å². The number of nitrogen functional groups attached to an aromatic ring is 1. The average molecular weight is 360 g/mol. The normalized spacial score (nSPS) is 19.8. The molecule has 3 N–H and O–H groups in total. The topological polar surface area (TPSA) is 72.2 Å². The number of para-hydroxylation sites is 2. The SMILES string of the molecule is CC(/C=C/C(=O)Nc1ccccc1N)=C\C1(C)CCc2ccccc2C1=O. The van der Waals surface area contributed by atoms with Gasteiger partial charge in [-0.05, 0) is 44.4 Å². The zero-order chi connectivity index (χ0) is 19.4. The summed E-state index contributed by atoms with van der Waals surface area (Å²) in [5.41, 5.74) is 9.17. The molecule has 0 bridgehead atoms. The van der Waals surface area contributed by atoms with Crippen molar-refractivity contribution < 1.29 is 9.59 Å². The molecule has 1 atom stereocenters. The van der Waals surface area contributed by atoms with Crippen molar-refractivity contribution in [3.05, 3.63) is 83.5 Å². The van der Waals surface area contributed by atoms with Crippen LogP contribution < -0.4 is 11.1 Å². The molecule has 2 aromatic carbocycles. The van der Waals surface area contributed by atoms with Gasteiger partial charge < -0.3 is 11.1 Å². The van der Waals surface area contributed by atoms with Crippen molar-refractivity contribution in [3.8, 4) is 0 Å². The summed E-state index contributed by atoms with van der Waals surface area (Å²) in [7, 11) is 0. The van der Waals surface area contributed by atoms with Crippen molar-refractivity contribution in [2.24, 2.45) is 5.41 Å². The molecule has 27 heavy (non-hydrogen) atoms. The Morgan fingerprint density at radius 3 is 2.59 bits per heavy atom. The second kappa shape index (κ2) is 7.62. The molecule has 1 aliphatic carbocycles. The first-order chi connectivity index (χ1) is 12.9. The molecule has 2 aromatic rings. The van der Waals surface area contributed by atoms with E-state index >= 15 is 0 Å². The van der Waals surface area contributed by atoms with Crippen molar-refractivity contribution in [1.29, 1.82) is 0 Å². The Bertz CT molecular complexity index is 943. The molecule has 1 aliphatic rings. The number of nitrogens with one attached hydrogen (secondary N) is 1. The van der Waals surface area contributed by atoms with Crippen LogP contribution in [0.2, 0.25) is 0 Å². The second-order valence-corrected chi connectivity index (χ2v) is 7.20. The third kappa shape index (κ3) is 4.17. The van der Waals surface area contributed by atoms with Gasteiger partial charge in [-0.1, -0.05) is 54.1 Å². The lowest BCUT2D eigenvalue weighted by Crippen LogP contribution is -2.31. The van der Waals surface area contributed by atoms with Gasteiger partial charge in [0, 0.05) is 17.1 Å². The second-order valence-electron chi connectivity index (χ2n) is 7.20. The van der Waals surface area contributed by atoms with E-state index in [1.54, 1.807) is 18.2 Å². The zero-order valence-corrected chi connectivity index (χ0v) is 15.7. The highest BCUT2D eigenvalue weighted by Gasteiger charge is 2.36. The van der Waals surface area contributed by atoms with Crippen LogP contribution in [0, 0.1) is 5.41 Å². The molecule has 0 fully saturated rings. The number of hydrogen-bond donors (Lipinski definition) is 2. The van der Waals surface area contributed by atoms with E-state index in [9.17, 15) is 9.59 Å². The minimum absolute atomic E-state index is 0.138. The molecule has 138 valence electrons. The summed E-state index contributed by atoms with van der Waals surface area (Å²) < 4.78 is 0. The lowest BCUT2D eigenvalue weighted by atomic mass is 9.71. The molecule has 0 saturated heterocycles. The highest BCUT2D eigenvalue weighted by atomic mass is 16.1. The molecule has 0 aliphatic heterocycles. The number of carbonyl (C=O) groups excluding carboxylic acids is 2. The maximum atomic E-state index is 12.9. The number of aryl methyl sites for hydroxylation is 1. The molecule has 0 saturated carbocycles. The maximum absolute atomic E-state index is 12.9. The summed E-state index contributed by atoms with van der Waals surface area (Å²) in [4.78, 5) is 25.1. The fourth-order valence-corrected chi connectivity index (χ4v) is 3.46. The largest absolute Gasteiger partial charge is 0.397 e. The molecule has 1 unspecified atom stereocenters. The van der Waals surface area contributed by atoms with Crippen LogP contribution in [0.4, 0.5) is 11.4 Å². The van der Waals surface area contributed by atoms with Gasteiger partial charge in [0.15, 0.2) is 5.78 Å². The van der Waals surface area contributed by atoms with Gasteiger partial charge in [-0.2, -0.15) is 0 Å². The number of amides is 1. The van der Waals surface area contributed by atoms with E-state index in [2.05, 4.69) is 5.32 Å². The fourth-order valence-electron chi connectivity index (χ4n) is 3.46. The van der Waals surface area contributed by atoms with Crippen LogP contribution in [0.1, 0.15) is 36.2 Å². The summed E-state index contributed by atoms with van der Waals surface area (Å²) >= 11 is 0. The first kappa shape index (κ1) is 18.6. The smallest absolute Gasteiger partial charge is 0.248 e. The van der Waals surface area contributed by atoms with E-state index in [1.807, 2.05) is 56.3 Å². The Hall–Kier alpha value is -3.14. The number of benzene rings is 2. The number of carbonyl (C=O) groups is 2. The summed E-state index contributed by atoms with van der Waals surface area (Å²) in [6, 6.07) is 14.9. The van der Waals surface area contributed by atoms with E-state index in [1.165, 1.54) is 6.08 Å². The predicted molar refractivity (Wildman–Crippen MR) is 110 cm³/mol. The van der Waals surface area contributed by atoms with Crippen LogP contribution in [-0.2, 0) is 11.2 Å². The van der Waals surface area contributed by atoms with Gasteiger partial charge in [0.05, 0.1) is 11.4 Å². The van der Waals surface area contributed by atoms with Crippen molar-refractivity contribution in [2.75, 3.05) is 11.1 Å². The standard InChI is InChI=1S/C23H24N2O2/c1-16(11-12-21(26)25-20-10-6-5-9-19(20)24)15-23(2)14-13-17-7-3-4-8-18(17)22(23)27/h3-12,15H,13-14,24H2,1-2H3,(H,25,26)/b12-11+,16-15+. The van der Waals surface area contributed by atoms with Gasteiger partial charge in [0.1, 0.15) is 0 Å². The van der Waals surface area contributed by atoms with E-state index in [4.69, 9.17) is 5.73 Å². The molecule has 0 radical (unpaired) electrons. The Labute approximate surface area is 159 Å². The van der Waals surface area contributed by atoms with Crippen LogP contribution >= 0.6 is 0 Å². The monoisotopic (exact) mass is 360 g/mol. The number of nitrogens with two attached hydrogens (primary N) is 1. The quantitative estimate of drug-likeness (QED) is 0.477. The number of allylic oxidation sites excluding steroid dienone is 3. The third-order valence-corrected chi connectivity index (χ3v) is 4.96. The highest BCUT2D eigenvalue weighted by Crippen LogP contribution is 2.37. The van der Waals surface area contributed by atoms with E-state index in [0.717, 1.165) is 29.5 Å². The first-order valence-electron chi connectivity index (χ1n) is 9.05. The Morgan fingerprint density at radius 1 is 1.11 bits per heavy atom. The van der Waals surface area contributed by atoms with Crippen LogP contribution in [0.15, 0.2) is 72.3 Å². The van der Waals surface area contributed by atoms with Crippen LogP contribution in [0.3, 0.4) is 0 Å². The van der Waals surface area contributed by atoms with Crippen molar-refractivity contribution in [1.82, 2.24) is 0 Å². The lowest BCUT2D eigenvalue weighted by Gasteiger charge is -2.31. The predicted octanol–water partition coefficient (Wildman–Crippen LogP) is 4.55. The van der Waals surface area contributed by atoms with Gasteiger partial charge in [-0.25, -0.2) is 0 Å². The summed E-state index contributed by atoms with van der Waals surface area (Å²) in [5, 5.41) is 2.76. The number of rotatable bonds is 4. The van der Waals surface area contributed by atoms with Gasteiger partial charge >= 0.3 is 0 Å². The van der Waals surface area contributed by atoms with Gasteiger partial charge in [-0.3, -0.25) is 9.59 Å². The van der Waals surface area contributed by atoms with Crippen molar-refractivity contribution in [3.63, 3.8) is 0 Å². The molecule has 1 amide bonds. The molecular weight excluding hydrogens is 336 g/mol. The third-order valence-electron chi connectivity index (χ3n) is 4.96. The number of ketones is 1. The van der Waals surface area contributed by atoms with Crippen molar-refractivity contribution >= 4 is 23.1 Å². The van der Waals surface area contributed by atoms with Gasteiger partial charge in [0.2, 0.25) is 5.91 Å². The van der Waals surface area contributed by atoms with E-state index in [-0.39, 0.29) is 11.7 Å². The van der Waals surface area contributed by atoms with Gasteiger partial charge in [-0.15, -0.1) is 0 Å². The number of anilines is 2. The highest BCUT2D eigenvalue weighted by molar-refractivity contribution is 6.04. The van der Waals surface area contributed by atoms with Crippen LogP contribution in [0.5, 0.6) is 0 Å². The Balaban J connectivity index is 1.72. The summed E-state index contributed by atoms with van der Waals surface area (Å²) in [5.74, 6) is -0.121. The molecule has 3 rings (SSSR count). The maximum Gasteiger partial charge on any atom is 0.248 e. The lowest BCUT2D eigenvalue weighted by molar-refractivity contribution is -0.111. The van der Waals surface area contributed by atoms with Crippen molar-refractivity contribution in [2.45, 2.75) is 26.7 Å². The van der Waals surface area contributed by atoms with E-state index in [0.29, 0.717) is 11.4 Å². The molecule has 0 spiro atoms. The van der Waals surface area contributed by atoms with Gasteiger partial charge in [0.25, 0.3) is 0 Å². The Morgan fingerprint density at radius 2 is 1.81 bits per heavy atom. The molecule has 0 aromatic heterocycles. The van der Waals surface area contributed by atoms with Crippen LogP contribution in [0.25, 0.3) is 0 Å². The first-order valence-corrected chi connectivity index (χ1v) is 9.05. The van der Waals surface area contributed by atoms with Crippen LogP contribution in [-0.4, -0.2) is 11.7 Å².